The number of rotatable bonds is 16. The SMILES string of the molecule is CC(C)(C)C(=O)C=C(O)C(C)(C)C.CC(O)(Cn1cccn1)C(F)(F)F.Cc1ccc(-c2[c-]ccc(-c3ccccc3)c2)nc1.Cc1ccc(-c2[c-]ccc(-c3ccccc3)c2)nc1.Cc1ccnc(-c2[c-]ccc(-c3ccnn3C)c2)c1.[Ir].[Ir].[Ir].[Ir].[Ir].[c-]1ccc(-c2ccccc2)cc1-c1cc(N(c2ccccc2)c2ccccc2)ccn1.[c-]1ccc(-c2ccccc2)cc1-c1ncccn1. The van der Waals surface area contributed by atoms with Gasteiger partial charge in [-0.2, -0.15) is 23.4 Å². The zero-order valence-electron chi connectivity index (χ0n) is 77.3. The van der Waals surface area contributed by atoms with Gasteiger partial charge in [0.05, 0.1) is 12.4 Å². The number of hydrogen-bond donors (Lipinski definition) is 2. The second kappa shape index (κ2) is 54.5. The molecule has 0 spiro atoms. The molecule has 0 aliphatic carbocycles. The summed E-state index contributed by atoms with van der Waals surface area (Å²) < 4.78 is 39.3. The van der Waals surface area contributed by atoms with Crippen LogP contribution in [-0.2, 0) is 119 Å². The van der Waals surface area contributed by atoms with Gasteiger partial charge in [0.1, 0.15) is 5.76 Å². The molecule has 0 saturated carbocycles. The topological polar surface area (TPSA) is 174 Å². The molecule has 7 aromatic heterocycles. The largest absolute Gasteiger partial charge is 0.512 e. The van der Waals surface area contributed by atoms with E-state index in [0.29, 0.717) is 12.7 Å². The van der Waals surface area contributed by atoms with Crippen LogP contribution in [0.4, 0.5) is 30.2 Å². The van der Waals surface area contributed by atoms with E-state index in [1.807, 2.05) is 219 Å². The molecule has 0 aliphatic heterocycles. The monoisotopic (exact) mass is 2710 g/mol. The number of pyridine rings is 4. The Morgan fingerprint density at radius 3 is 1.10 bits per heavy atom. The zero-order valence-corrected chi connectivity index (χ0v) is 89.3. The molecule has 1 unspecified atom stereocenters. The standard InChI is InChI=1S/C29H21N2.2C18H14N.C16H14N3.C16H11N2.C11H20O2.C7H9F3N2O.5Ir/c1-4-11-23(12-5-1)24-13-10-14-25(21-24)29-22-28(19-20-30-29)31(26-15-6-2-7-16-26)27-17-8-3-9-18-27;2*1-14-10-11-18(19-13-14)17-9-5-8-16(12-17)15-6-3-2-4-7-15;1-12-6-8-17-15(10-12)13-4-3-5-14(11-13)16-7-9-18-19(16)2;1-2-6-13(7-3-1)14-8-4-9-15(12-14)16-17-10-5-11-18-16;1-10(2,3)8(12)7-9(13)11(4,5)6;1-6(13,7(8,9)10)5-12-4-2-3-11-12;;;;;/h1-13,15-22H;2*2-8,10-13H,1H3;3,5-11H,1-2H3;1-8,10-12H;7,12H,1-6H3;2-4,13H,5H2,1H3;;;;;/q5*-1;;;;;;;. The first-order valence-electron chi connectivity index (χ1n) is 43.0. The number of alkyl halides is 3. The maximum absolute atomic E-state index is 12.1. The molecule has 0 aliphatic rings. The second-order valence-corrected chi connectivity index (χ2v) is 33.3. The normalized spacial score (nSPS) is 11.1. The molecule has 1 atom stereocenters. The van der Waals surface area contributed by atoms with Crippen molar-refractivity contribution >= 4 is 22.8 Å². The van der Waals surface area contributed by atoms with Gasteiger partial charge in [-0.1, -0.05) is 247 Å². The number of ketones is 1. The number of hydrogen-bond acceptors (Lipinski definition) is 12. The van der Waals surface area contributed by atoms with Gasteiger partial charge in [0.2, 0.25) is 0 Å². The van der Waals surface area contributed by atoms with Crippen molar-refractivity contribution < 1.29 is 129 Å². The number of anilines is 3. The summed E-state index contributed by atoms with van der Waals surface area (Å²) >= 11 is 0. The Bertz CT molecular complexity index is 6450. The van der Waals surface area contributed by atoms with Gasteiger partial charge in [-0.05, 0) is 138 Å². The number of aliphatic hydroxyl groups excluding tert-OH is 1. The first-order valence-corrected chi connectivity index (χ1v) is 43.0. The summed E-state index contributed by atoms with van der Waals surface area (Å²) in [7, 11) is 1.94. The van der Waals surface area contributed by atoms with Gasteiger partial charge in [0.25, 0.3) is 0 Å². The van der Waals surface area contributed by atoms with Crippen LogP contribution in [0.5, 0.6) is 0 Å². The molecule has 7 heterocycles. The van der Waals surface area contributed by atoms with Crippen LogP contribution in [0, 0.1) is 61.9 Å². The summed E-state index contributed by atoms with van der Waals surface area (Å²) in [4.78, 5) is 40.2. The molecule has 18 aromatic rings. The summed E-state index contributed by atoms with van der Waals surface area (Å²) in [5.74, 6) is 0.808. The molecule has 0 bridgehead atoms. The number of halogens is 3. The maximum Gasteiger partial charge on any atom is 0.418 e. The summed E-state index contributed by atoms with van der Waals surface area (Å²) in [5, 5.41) is 26.4. The molecule has 0 saturated heterocycles. The fourth-order valence-electron chi connectivity index (χ4n) is 13.1. The fraction of sp³-hybridized carbons (Fsp3) is 0.139. The molecule has 0 fully saturated rings. The van der Waals surface area contributed by atoms with Crippen LogP contribution in [0.15, 0.2) is 407 Å². The second-order valence-electron chi connectivity index (χ2n) is 33.3. The first kappa shape index (κ1) is 112. The number of benzene rings is 11. The van der Waals surface area contributed by atoms with Crippen molar-refractivity contribution in [2.45, 2.75) is 87.6 Å². The summed E-state index contributed by atoms with van der Waals surface area (Å²) in [6.45, 7) is 17.4. The van der Waals surface area contributed by atoms with Crippen molar-refractivity contribution in [2.24, 2.45) is 17.9 Å². The number of aryl methyl sites for hydroxylation is 4. The molecule has 707 valence electrons. The minimum atomic E-state index is -4.64. The minimum absolute atomic E-state index is 0. The van der Waals surface area contributed by atoms with E-state index >= 15 is 0 Å². The van der Waals surface area contributed by atoms with Crippen molar-refractivity contribution in [3.63, 3.8) is 0 Å². The van der Waals surface area contributed by atoms with E-state index in [-0.39, 0.29) is 117 Å². The Balaban J connectivity index is 0.000000221. The van der Waals surface area contributed by atoms with Gasteiger partial charge >= 0.3 is 6.18 Å². The molecule has 5 radical (unpaired) electrons. The van der Waals surface area contributed by atoms with Gasteiger partial charge in [-0.25, -0.2) is 0 Å². The van der Waals surface area contributed by atoms with Gasteiger partial charge in [0.15, 0.2) is 11.4 Å². The van der Waals surface area contributed by atoms with Crippen LogP contribution >= 0.6 is 0 Å². The molecule has 22 heteroatoms. The molecule has 137 heavy (non-hydrogen) atoms. The molecule has 11 aromatic carbocycles. The van der Waals surface area contributed by atoms with E-state index in [9.17, 15) is 23.1 Å². The average Bonchev–Trinajstić information content (AvgIpc) is 1.73. The average molecular weight is 2710 g/mol. The van der Waals surface area contributed by atoms with Crippen molar-refractivity contribution in [1.82, 2.24) is 49.5 Å². The molecule has 0 amide bonds. The Morgan fingerprint density at radius 1 is 0.358 bits per heavy atom. The predicted molar refractivity (Wildman–Crippen MR) is 527 cm³/mol. The number of para-hydroxylation sites is 2. The predicted octanol–water partition coefficient (Wildman–Crippen LogP) is 27.9. The third-order valence-electron chi connectivity index (χ3n) is 20.6. The van der Waals surface area contributed by atoms with Crippen molar-refractivity contribution in [3.05, 3.63) is 454 Å². The summed E-state index contributed by atoms with van der Waals surface area (Å²) in [6, 6.07) is 131. The van der Waals surface area contributed by atoms with Gasteiger partial charge in [-0.3, -0.25) is 24.1 Å². The van der Waals surface area contributed by atoms with Crippen LogP contribution in [-0.4, -0.2) is 77.2 Å². The fourth-order valence-corrected chi connectivity index (χ4v) is 13.1. The maximum atomic E-state index is 12.1. The van der Waals surface area contributed by atoms with Gasteiger partial charge in [0, 0.05) is 203 Å². The summed E-state index contributed by atoms with van der Waals surface area (Å²) in [6.07, 6.45) is 12.2. The van der Waals surface area contributed by atoms with Crippen LogP contribution in [0.2, 0.25) is 0 Å². The number of aliphatic hydroxyl groups is 2. The summed E-state index contributed by atoms with van der Waals surface area (Å²) in [5.41, 5.74) is 23.7. The van der Waals surface area contributed by atoms with Gasteiger partial charge < -0.3 is 35.0 Å². The smallest absolute Gasteiger partial charge is 0.418 e. The molecular weight excluding hydrogens is 2600 g/mol. The first-order chi connectivity index (χ1) is 63.6. The van der Waals surface area contributed by atoms with Crippen LogP contribution in [0.25, 0.3) is 112 Å². The third kappa shape index (κ3) is 33.7. The van der Waals surface area contributed by atoms with E-state index in [1.165, 1.54) is 74.6 Å². The Hall–Kier alpha value is -12.5. The Labute approximate surface area is 870 Å². The Morgan fingerprint density at radius 2 is 0.737 bits per heavy atom. The van der Waals surface area contributed by atoms with Crippen molar-refractivity contribution in [3.8, 4) is 112 Å². The van der Waals surface area contributed by atoms with E-state index in [0.717, 1.165) is 94.7 Å². The Kier molecular flexibility index (Phi) is 44.3. The van der Waals surface area contributed by atoms with E-state index in [1.54, 1.807) is 18.6 Å². The van der Waals surface area contributed by atoms with E-state index in [2.05, 4.69) is 289 Å². The molecule has 2 N–H and O–H groups in total. The van der Waals surface area contributed by atoms with Crippen molar-refractivity contribution in [2.75, 3.05) is 4.90 Å². The molecule has 14 nitrogen and oxygen atoms in total. The van der Waals surface area contributed by atoms with E-state index < -0.39 is 23.7 Å². The van der Waals surface area contributed by atoms with Crippen LogP contribution in [0.1, 0.15) is 65.2 Å². The molecular formula is C115H103F3Ir5N11O3-5. The van der Waals surface area contributed by atoms with Crippen LogP contribution in [0.3, 0.4) is 0 Å². The van der Waals surface area contributed by atoms with Crippen molar-refractivity contribution in [1.29, 1.82) is 0 Å². The van der Waals surface area contributed by atoms with Crippen LogP contribution < -0.4 is 4.90 Å². The third-order valence-corrected chi connectivity index (χ3v) is 20.6. The van der Waals surface area contributed by atoms with E-state index in [4.69, 9.17) is 5.11 Å². The van der Waals surface area contributed by atoms with Gasteiger partial charge in [-0.15, -0.1) is 171 Å². The number of carbonyl (C=O) groups excluding carboxylic acids is 1. The number of aromatic nitrogens is 10. The molecule has 18 rings (SSSR count). The number of allylic oxidation sites excluding steroid dienone is 2. The minimum Gasteiger partial charge on any atom is -0.512 e. The number of nitrogens with zero attached hydrogens (tertiary/aromatic N) is 11. The quantitative estimate of drug-likeness (QED) is 0.0533. The number of carbonyl (C=O) groups is 1. The zero-order chi connectivity index (χ0) is 93.5.